The fraction of sp³-hybridized carbons (Fsp3) is 0.316. The van der Waals surface area contributed by atoms with Crippen molar-refractivity contribution >= 4 is 11.6 Å². The van der Waals surface area contributed by atoms with E-state index in [1.54, 1.807) is 12.1 Å². The lowest BCUT2D eigenvalue weighted by Gasteiger charge is -2.17. The number of ether oxygens (including phenoxy) is 2. The van der Waals surface area contributed by atoms with Crippen LogP contribution < -0.4 is 14.8 Å². The van der Waals surface area contributed by atoms with E-state index >= 15 is 0 Å². The molecule has 0 heterocycles. The minimum Gasteiger partial charge on any atom is -0.481 e. The van der Waals surface area contributed by atoms with Gasteiger partial charge in [0.2, 0.25) is 0 Å². The maximum atomic E-state index is 12.3. The fourth-order valence-corrected chi connectivity index (χ4v) is 2.25. The fourth-order valence-electron chi connectivity index (χ4n) is 2.25. The summed E-state index contributed by atoms with van der Waals surface area (Å²) in [7, 11) is 0. The number of hydrogen-bond acceptors (Lipinski definition) is 3. The van der Waals surface area contributed by atoms with Gasteiger partial charge in [-0.1, -0.05) is 26.0 Å². The number of carbonyl (C=O) groups is 1. The lowest BCUT2D eigenvalue weighted by atomic mass is 10.1. The van der Waals surface area contributed by atoms with Gasteiger partial charge in [-0.25, -0.2) is 0 Å². The number of rotatable bonds is 7. The van der Waals surface area contributed by atoms with Crippen molar-refractivity contribution in [2.45, 2.75) is 39.2 Å². The monoisotopic (exact) mass is 367 g/mol. The summed E-state index contributed by atoms with van der Waals surface area (Å²) in [4.78, 5) is 12.3. The van der Waals surface area contributed by atoms with Gasteiger partial charge in [0.25, 0.3) is 5.91 Å². The van der Waals surface area contributed by atoms with Gasteiger partial charge in [-0.3, -0.25) is 4.79 Å². The molecule has 2 rings (SSSR count). The molecule has 0 fully saturated rings. The number of hydrogen-bond donors (Lipinski definition) is 1. The summed E-state index contributed by atoms with van der Waals surface area (Å²) < 4.78 is 45.9. The second-order valence-corrected chi connectivity index (χ2v) is 5.57. The molecule has 7 heteroatoms. The Morgan fingerprint density at radius 2 is 1.58 bits per heavy atom. The molecule has 1 amide bonds. The number of nitrogens with one attached hydrogen (secondary N) is 1. The van der Waals surface area contributed by atoms with Crippen LogP contribution in [-0.4, -0.2) is 18.4 Å². The van der Waals surface area contributed by atoms with E-state index in [1.807, 2.05) is 26.0 Å². The molecular formula is C19H20F3NO3. The maximum Gasteiger partial charge on any atom is 0.573 e. The summed E-state index contributed by atoms with van der Waals surface area (Å²) in [6.07, 6.45) is -4.12. The Bertz CT molecular complexity index is 712. The third-order valence-electron chi connectivity index (χ3n) is 3.63. The van der Waals surface area contributed by atoms with Gasteiger partial charge in [-0.05, 0) is 54.8 Å². The normalized spacial score (nSPS) is 12.3. The van der Waals surface area contributed by atoms with Crippen molar-refractivity contribution in [1.29, 1.82) is 0 Å². The highest BCUT2D eigenvalue weighted by Crippen LogP contribution is 2.24. The van der Waals surface area contributed by atoms with Gasteiger partial charge in [0.05, 0.1) is 0 Å². The van der Waals surface area contributed by atoms with Crippen LogP contribution in [0, 0.1) is 0 Å². The number of amides is 1. The maximum absolute atomic E-state index is 12.3. The summed E-state index contributed by atoms with van der Waals surface area (Å²) in [5.41, 5.74) is 1.52. The molecule has 1 atom stereocenters. The van der Waals surface area contributed by atoms with E-state index in [4.69, 9.17) is 4.74 Å². The van der Waals surface area contributed by atoms with Crippen molar-refractivity contribution in [2.24, 2.45) is 0 Å². The SMILES string of the molecule is CCc1ccc(O[C@@H](CC)C(=O)Nc2ccc(OC(F)(F)F)cc2)cc1. The highest BCUT2D eigenvalue weighted by Gasteiger charge is 2.31. The van der Waals surface area contributed by atoms with Crippen molar-refractivity contribution in [3.8, 4) is 11.5 Å². The van der Waals surface area contributed by atoms with Gasteiger partial charge in [-0.2, -0.15) is 0 Å². The van der Waals surface area contributed by atoms with Gasteiger partial charge in [0.15, 0.2) is 6.10 Å². The summed E-state index contributed by atoms with van der Waals surface area (Å²) in [5.74, 6) is -0.149. The van der Waals surface area contributed by atoms with Crippen LogP contribution in [-0.2, 0) is 11.2 Å². The van der Waals surface area contributed by atoms with Crippen molar-refractivity contribution in [1.82, 2.24) is 0 Å². The standard InChI is InChI=1S/C19H20F3NO3/c1-3-13-5-9-15(10-6-13)25-17(4-2)18(24)23-14-7-11-16(12-8-14)26-19(20,21)22/h5-12,17H,3-4H2,1-2H3,(H,23,24)/t17-/m0/s1. The molecule has 0 saturated heterocycles. The third kappa shape index (κ3) is 5.98. The minimum absolute atomic E-state index is 0.352. The van der Waals surface area contributed by atoms with E-state index < -0.39 is 12.5 Å². The summed E-state index contributed by atoms with van der Waals surface area (Å²) >= 11 is 0. The number of aryl methyl sites for hydroxylation is 1. The lowest BCUT2D eigenvalue weighted by Crippen LogP contribution is -2.32. The van der Waals surface area contributed by atoms with Crippen LogP contribution in [0.15, 0.2) is 48.5 Å². The molecule has 0 radical (unpaired) electrons. The topological polar surface area (TPSA) is 47.6 Å². The number of benzene rings is 2. The van der Waals surface area contributed by atoms with Crippen molar-refractivity contribution in [3.63, 3.8) is 0 Å². The van der Waals surface area contributed by atoms with Gasteiger partial charge >= 0.3 is 6.36 Å². The van der Waals surface area contributed by atoms with E-state index in [0.717, 1.165) is 24.1 Å². The van der Waals surface area contributed by atoms with Crippen LogP contribution in [0.25, 0.3) is 0 Å². The molecular weight excluding hydrogens is 347 g/mol. The van der Waals surface area contributed by atoms with E-state index in [9.17, 15) is 18.0 Å². The van der Waals surface area contributed by atoms with Crippen molar-refractivity contribution in [3.05, 3.63) is 54.1 Å². The highest BCUT2D eigenvalue weighted by molar-refractivity contribution is 5.94. The predicted molar refractivity (Wildman–Crippen MR) is 92.3 cm³/mol. The van der Waals surface area contributed by atoms with Crippen LogP contribution in [0.4, 0.5) is 18.9 Å². The molecule has 0 spiro atoms. The number of carbonyl (C=O) groups excluding carboxylic acids is 1. The minimum atomic E-state index is -4.75. The molecule has 4 nitrogen and oxygen atoms in total. The Hall–Kier alpha value is -2.70. The molecule has 2 aromatic carbocycles. The molecule has 0 aliphatic carbocycles. The van der Waals surface area contributed by atoms with Gasteiger partial charge in [0.1, 0.15) is 11.5 Å². The molecule has 0 unspecified atom stereocenters. The Labute approximate surface area is 149 Å². The molecule has 0 saturated carbocycles. The number of anilines is 1. The molecule has 1 N–H and O–H groups in total. The Kier molecular flexibility index (Phi) is 6.49. The zero-order chi connectivity index (χ0) is 19.2. The molecule has 0 aliphatic heterocycles. The zero-order valence-corrected chi connectivity index (χ0v) is 14.5. The van der Waals surface area contributed by atoms with Crippen LogP contribution in [0.1, 0.15) is 25.8 Å². The van der Waals surface area contributed by atoms with E-state index in [0.29, 0.717) is 17.9 Å². The quantitative estimate of drug-likeness (QED) is 0.754. The Morgan fingerprint density at radius 1 is 1.00 bits per heavy atom. The summed E-state index contributed by atoms with van der Waals surface area (Å²) in [6, 6.07) is 12.4. The first-order chi connectivity index (χ1) is 12.3. The number of alkyl halides is 3. The Balaban J connectivity index is 1.97. The largest absolute Gasteiger partial charge is 0.573 e. The molecule has 2 aromatic rings. The summed E-state index contributed by atoms with van der Waals surface area (Å²) in [6.45, 7) is 3.86. The van der Waals surface area contributed by atoms with Crippen molar-refractivity contribution in [2.75, 3.05) is 5.32 Å². The third-order valence-corrected chi connectivity index (χ3v) is 3.63. The first-order valence-electron chi connectivity index (χ1n) is 8.23. The smallest absolute Gasteiger partial charge is 0.481 e. The van der Waals surface area contributed by atoms with Crippen LogP contribution >= 0.6 is 0 Å². The van der Waals surface area contributed by atoms with Gasteiger partial charge in [-0.15, -0.1) is 13.2 Å². The molecule has 140 valence electrons. The van der Waals surface area contributed by atoms with Gasteiger partial charge < -0.3 is 14.8 Å². The second kappa shape index (κ2) is 8.60. The summed E-state index contributed by atoms with van der Waals surface area (Å²) in [5, 5.41) is 2.63. The van der Waals surface area contributed by atoms with Crippen LogP contribution in [0.5, 0.6) is 11.5 Å². The average Bonchev–Trinajstić information content (AvgIpc) is 2.60. The second-order valence-electron chi connectivity index (χ2n) is 5.57. The van der Waals surface area contributed by atoms with Crippen LogP contribution in [0.3, 0.4) is 0 Å². The molecule has 0 aliphatic rings. The van der Waals surface area contributed by atoms with E-state index in [-0.39, 0.29) is 11.7 Å². The van der Waals surface area contributed by atoms with Crippen LogP contribution in [0.2, 0.25) is 0 Å². The predicted octanol–water partition coefficient (Wildman–Crippen LogP) is 4.94. The van der Waals surface area contributed by atoms with Gasteiger partial charge in [0, 0.05) is 5.69 Å². The Morgan fingerprint density at radius 3 is 2.08 bits per heavy atom. The number of halogens is 3. The average molecular weight is 367 g/mol. The highest BCUT2D eigenvalue weighted by atomic mass is 19.4. The molecule has 26 heavy (non-hydrogen) atoms. The van der Waals surface area contributed by atoms with E-state index in [1.165, 1.54) is 12.1 Å². The zero-order valence-electron chi connectivity index (χ0n) is 14.5. The lowest BCUT2D eigenvalue weighted by molar-refractivity contribution is -0.274. The van der Waals surface area contributed by atoms with Crippen molar-refractivity contribution < 1.29 is 27.4 Å². The first kappa shape index (κ1) is 19.6. The molecule has 0 bridgehead atoms. The molecule has 0 aromatic heterocycles. The van der Waals surface area contributed by atoms with E-state index in [2.05, 4.69) is 10.1 Å². The first-order valence-corrected chi connectivity index (χ1v) is 8.23.